The van der Waals surface area contributed by atoms with Crippen LogP contribution in [0.1, 0.15) is 29.6 Å². The minimum Gasteiger partial charge on any atom is -0.481 e. The predicted octanol–water partition coefficient (Wildman–Crippen LogP) is 1.51. The number of nitrogens with zero attached hydrogens (tertiary/aromatic N) is 3. The van der Waals surface area contributed by atoms with Crippen LogP contribution in [0.25, 0.3) is 0 Å². The van der Waals surface area contributed by atoms with E-state index in [4.69, 9.17) is 9.84 Å². The highest BCUT2D eigenvalue weighted by molar-refractivity contribution is 5.96. The number of carboxylic acids is 1. The summed E-state index contributed by atoms with van der Waals surface area (Å²) >= 11 is 0. The second kappa shape index (κ2) is 7.69. The molecule has 2 aliphatic heterocycles. The summed E-state index contributed by atoms with van der Waals surface area (Å²) < 4.78 is 5.36. The zero-order chi connectivity index (χ0) is 18.7. The highest BCUT2D eigenvalue weighted by atomic mass is 16.6. The third-order valence-corrected chi connectivity index (χ3v) is 4.69. The molecule has 3 rings (SSSR count). The minimum absolute atomic E-state index is 0.0758. The summed E-state index contributed by atoms with van der Waals surface area (Å²) in [5.74, 6) is -1.34. The Labute approximate surface area is 150 Å². The number of hydrogen-bond donors (Lipinski definition) is 1. The molecule has 9 nitrogen and oxygen atoms in total. The van der Waals surface area contributed by atoms with Gasteiger partial charge in [0.1, 0.15) is 5.69 Å². The van der Waals surface area contributed by atoms with E-state index in [2.05, 4.69) is 0 Å². The Balaban J connectivity index is 1.79. The molecular formula is C17H21N3O6. The summed E-state index contributed by atoms with van der Waals surface area (Å²) in [6, 6.07) is 4.55. The molecule has 0 radical (unpaired) electrons. The van der Waals surface area contributed by atoms with E-state index in [-0.39, 0.29) is 36.7 Å². The molecule has 1 N–H and O–H groups in total. The maximum absolute atomic E-state index is 12.7. The molecular weight excluding hydrogens is 342 g/mol. The fraction of sp³-hybridized carbons (Fsp3) is 0.529. The van der Waals surface area contributed by atoms with Gasteiger partial charge in [0.15, 0.2) is 0 Å². The van der Waals surface area contributed by atoms with Crippen LogP contribution in [0.2, 0.25) is 0 Å². The third-order valence-electron chi connectivity index (χ3n) is 4.69. The lowest BCUT2D eigenvalue weighted by molar-refractivity contribution is -0.384. The quantitative estimate of drug-likeness (QED) is 0.623. The molecule has 0 spiro atoms. The van der Waals surface area contributed by atoms with Crippen molar-refractivity contribution in [3.8, 4) is 0 Å². The monoisotopic (exact) mass is 363 g/mol. The molecule has 2 saturated heterocycles. The molecule has 1 aromatic carbocycles. The summed E-state index contributed by atoms with van der Waals surface area (Å²) in [4.78, 5) is 38.0. The van der Waals surface area contributed by atoms with Crippen molar-refractivity contribution in [2.24, 2.45) is 0 Å². The molecule has 0 bridgehead atoms. The maximum atomic E-state index is 12.7. The molecule has 1 amide bonds. The zero-order valence-electron chi connectivity index (χ0n) is 14.3. The average Bonchev–Trinajstić information content (AvgIpc) is 3.14. The van der Waals surface area contributed by atoms with Crippen LogP contribution in [0.5, 0.6) is 0 Å². The highest BCUT2D eigenvalue weighted by Gasteiger charge is 2.29. The Morgan fingerprint density at radius 2 is 2.00 bits per heavy atom. The second-order valence-corrected chi connectivity index (χ2v) is 6.50. The van der Waals surface area contributed by atoms with E-state index in [0.717, 1.165) is 25.9 Å². The number of morpholine rings is 1. The normalized spacial score (nSPS) is 20.2. The summed E-state index contributed by atoms with van der Waals surface area (Å²) in [5.41, 5.74) is 0.693. The number of carboxylic acid groups (broad SMARTS) is 1. The van der Waals surface area contributed by atoms with Crippen LogP contribution >= 0.6 is 0 Å². The number of nitro groups is 1. The Morgan fingerprint density at radius 1 is 1.27 bits per heavy atom. The van der Waals surface area contributed by atoms with Gasteiger partial charge in [-0.2, -0.15) is 0 Å². The van der Waals surface area contributed by atoms with Crippen LogP contribution in [0.3, 0.4) is 0 Å². The van der Waals surface area contributed by atoms with Gasteiger partial charge in [0, 0.05) is 37.8 Å². The van der Waals surface area contributed by atoms with Crippen molar-refractivity contribution in [1.29, 1.82) is 0 Å². The van der Waals surface area contributed by atoms with Crippen LogP contribution < -0.4 is 4.90 Å². The van der Waals surface area contributed by atoms with Crippen molar-refractivity contribution in [3.05, 3.63) is 33.9 Å². The number of amides is 1. The first kappa shape index (κ1) is 18.1. The van der Waals surface area contributed by atoms with E-state index < -0.39 is 17.0 Å². The largest absolute Gasteiger partial charge is 0.481 e. The number of anilines is 1. The first-order valence-corrected chi connectivity index (χ1v) is 8.62. The molecule has 1 atom stereocenters. The van der Waals surface area contributed by atoms with Gasteiger partial charge in [-0.1, -0.05) is 0 Å². The molecule has 0 saturated carbocycles. The van der Waals surface area contributed by atoms with Crippen molar-refractivity contribution in [2.45, 2.75) is 25.4 Å². The average molecular weight is 363 g/mol. The second-order valence-electron chi connectivity index (χ2n) is 6.50. The Bertz CT molecular complexity index is 716. The van der Waals surface area contributed by atoms with Crippen molar-refractivity contribution < 1.29 is 24.4 Å². The Morgan fingerprint density at radius 3 is 2.65 bits per heavy atom. The van der Waals surface area contributed by atoms with Crippen molar-refractivity contribution >= 4 is 23.3 Å². The van der Waals surface area contributed by atoms with Gasteiger partial charge in [-0.15, -0.1) is 0 Å². The molecule has 1 unspecified atom stereocenters. The number of benzene rings is 1. The molecule has 140 valence electrons. The summed E-state index contributed by atoms with van der Waals surface area (Å²) in [6.07, 6.45) is 1.24. The smallest absolute Gasteiger partial charge is 0.306 e. The Kier molecular flexibility index (Phi) is 5.36. The van der Waals surface area contributed by atoms with Crippen molar-refractivity contribution in [3.63, 3.8) is 0 Å². The van der Waals surface area contributed by atoms with Crippen LogP contribution in [-0.2, 0) is 9.53 Å². The van der Waals surface area contributed by atoms with Crippen LogP contribution in [0, 0.1) is 10.1 Å². The minimum atomic E-state index is -0.991. The number of hydrogen-bond acceptors (Lipinski definition) is 6. The topological polar surface area (TPSA) is 113 Å². The molecule has 2 fully saturated rings. The fourth-order valence-corrected chi connectivity index (χ4v) is 3.43. The number of rotatable bonds is 5. The van der Waals surface area contributed by atoms with E-state index in [1.54, 1.807) is 12.1 Å². The van der Waals surface area contributed by atoms with Gasteiger partial charge in [-0.25, -0.2) is 0 Å². The van der Waals surface area contributed by atoms with Gasteiger partial charge in [0.25, 0.3) is 11.6 Å². The molecule has 26 heavy (non-hydrogen) atoms. The van der Waals surface area contributed by atoms with Crippen LogP contribution in [0.4, 0.5) is 11.4 Å². The zero-order valence-corrected chi connectivity index (χ0v) is 14.3. The van der Waals surface area contributed by atoms with Gasteiger partial charge in [-0.3, -0.25) is 19.7 Å². The molecule has 1 aromatic rings. The van der Waals surface area contributed by atoms with E-state index in [0.29, 0.717) is 12.2 Å². The van der Waals surface area contributed by atoms with E-state index in [1.807, 2.05) is 4.90 Å². The first-order chi connectivity index (χ1) is 12.5. The summed E-state index contributed by atoms with van der Waals surface area (Å²) in [6.45, 7) is 2.28. The van der Waals surface area contributed by atoms with E-state index in [1.165, 1.54) is 11.0 Å². The lowest BCUT2D eigenvalue weighted by atomic mass is 10.1. The van der Waals surface area contributed by atoms with Gasteiger partial charge in [0.2, 0.25) is 0 Å². The highest BCUT2D eigenvalue weighted by Crippen LogP contribution is 2.32. The van der Waals surface area contributed by atoms with Crippen molar-refractivity contribution in [2.75, 3.05) is 37.7 Å². The number of nitro benzene ring substituents is 1. The van der Waals surface area contributed by atoms with Gasteiger partial charge in [-0.05, 0) is 25.0 Å². The van der Waals surface area contributed by atoms with Crippen molar-refractivity contribution in [1.82, 2.24) is 4.90 Å². The number of aliphatic carboxylic acids is 1. The summed E-state index contributed by atoms with van der Waals surface area (Å²) in [7, 11) is 0. The first-order valence-electron chi connectivity index (χ1n) is 8.62. The molecule has 0 aliphatic carbocycles. The lowest BCUT2D eigenvalue weighted by Gasteiger charge is -2.32. The van der Waals surface area contributed by atoms with Gasteiger partial charge in [0.05, 0.1) is 24.1 Å². The maximum Gasteiger partial charge on any atom is 0.306 e. The SMILES string of the molecule is O=C(O)CC1CN(C(=O)c2ccc(N3CCCC3)c([N+](=O)[O-])c2)CCO1. The van der Waals surface area contributed by atoms with Crippen LogP contribution in [-0.4, -0.2) is 65.7 Å². The summed E-state index contributed by atoms with van der Waals surface area (Å²) in [5, 5.41) is 20.3. The lowest BCUT2D eigenvalue weighted by Crippen LogP contribution is -2.46. The third kappa shape index (κ3) is 3.93. The standard InChI is InChI=1S/C17H21N3O6/c21-16(22)10-13-11-19(7-8-26-13)17(23)12-3-4-14(15(9-12)20(24)25)18-5-1-2-6-18/h3-4,9,13H,1-2,5-8,10-11H2,(H,21,22). The fourth-order valence-electron chi connectivity index (χ4n) is 3.43. The molecule has 2 heterocycles. The van der Waals surface area contributed by atoms with Gasteiger partial charge >= 0.3 is 5.97 Å². The van der Waals surface area contributed by atoms with Gasteiger partial charge < -0.3 is 19.6 Å². The number of ether oxygens (including phenoxy) is 1. The number of carbonyl (C=O) groups excluding carboxylic acids is 1. The molecule has 9 heteroatoms. The van der Waals surface area contributed by atoms with Crippen LogP contribution in [0.15, 0.2) is 18.2 Å². The van der Waals surface area contributed by atoms with E-state index >= 15 is 0 Å². The van der Waals surface area contributed by atoms with E-state index in [9.17, 15) is 19.7 Å². The predicted molar refractivity (Wildman–Crippen MR) is 92.4 cm³/mol. The Hall–Kier alpha value is -2.68. The molecule has 0 aromatic heterocycles. The number of carbonyl (C=O) groups is 2. The molecule has 2 aliphatic rings.